The van der Waals surface area contributed by atoms with Crippen LogP contribution in [0.4, 0.5) is 0 Å². The average molecular weight is 1160 g/mol. The van der Waals surface area contributed by atoms with Crippen molar-refractivity contribution < 1.29 is 38.7 Å². The number of aromatic amines is 2. The van der Waals surface area contributed by atoms with Crippen LogP contribution in [0.25, 0.3) is 32.9 Å². The second kappa shape index (κ2) is 26.6. The van der Waals surface area contributed by atoms with Crippen LogP contribution in [0.2, 0.25) is 10.0 Å². The van der Waals surface area contributed by atoms with Gasteiger partial charge in [0.25, 0.3) is 0 Å². The molecule has 0 spiro atoms. The van der Waals surface area contributed by atoms with Gasteiger partial charge in [0.2, 0.25) is 0 Å². The number of benzene rings is 6. The molecule has 4 heterocycles. The summed E-state index contributed by atoms with van der Waals surface area (Å²) in [6.07, 6.45) is 11.7. The fourth-order valence-corrected chi connectivity index (χ4v) is 10.6. The molecule has 0 aliphatic carbocycles. The third-order valence-corrected chi connectivity index (χ3v) is 15.3. The lowest BCUT2D eigenvalue weighted by Gasteiger charge is -2.20. The summed E-state index contributed by atoms with van der Waals surface area (Å²) in [5.41, 5.74) is 12.9. The monoisotopic (exact) mass is 1160 g/mol. The number of para-hydroxylation sites is 2. The first-order valence-corrected chi connectivity index (χ1v) is 27.7. The van der Waals surface area contributed by atoms with E-state index in [1.54, 1.807) is 48.9 Å². The summed E-state index contributed by atoms with van der Waals surface area (Å²) < 4.78 is 25.7. The second-order valence-corrected chi connectivity index (χ2v) is 21.1. The molecule has 0 unspecified atom stereocenters. The van der Waals surface area contributed by atoms with Gasteiger partial charge in [0, 0.05) is 131 Å². The number of aliphatic carboxylic acids is 2. The fourth-order valence-electron chi connectivity index (χ4n) is 10.1. The average Bonchev–Trinajstić information content (AvgIpc) is 4.27. The van der Waals surface area contributed by atoms with E-state index in [4.69, 9.17) is 47.6 Å². The van der Waals surface area contributed by atoms with Crippen LogP contribution in [0.1, 0.15) is 66.8 Å². The van der Waals surface area contributed by atoms with Gasteiger partial charge in [-0.2, -0.15) is 5.26 Å². The molecule has 18 heteroatoms. The standard InChI is InChI=1S/C66H58Cl2N8O8/c1-39-45(37-83-63-23-61(81-35-43-17-41(25-69)27-71-29-43)49(19-55(63)67)33-75-59(65(77)78)21-47-31-73-57-15-5-3-11-53(47)57)9-7-13-51(39)52-14-8-10-46(40(52)2)38-84-64-24-62(82-36-44-18-42(26-70)28-72-30-44)50(20-56(64)68)34-76-60(66(79)80)22-48-32-74-58-16-6-4-12-54(48)58/h3-20,23-25,27-32,59-60,69,73-76H,21-22,33-38H2,1-2H3,(H,77,78)(H,79,80)/t59-,60-/m0/s1. The SMILES string of the molecule is Cc1c(COc2cc(OCc3cncc(C#N)c3)c(CN[C@@H](Cc3c[nH]c4ccccc34)C(=O)O)cc2Cl)cccc1-c1cccc(COc2cc(OCc3cncc(C=N)c3)c(CN[C@@H](Cc3c[nH]c4ccccc34)C(=O)O)cc2Cl)c1C. The topological polar surface area (TPSA) is 241 Å². The van der Waals surface area contributed by atoms with Crippen molar-refractivity contribution >= 4 is 63.2 Å². The van der Waals surface area contributed by atoms with Gasteiger partial charge in [-0.25, -0.2) is 0 Å². The smallest absolute Gasteiger partial charge is 0.321 e. The zero-order chi connectivity index (χ0) is 58.7. The summed E-state index contributed by atoms with van der Waals surface area (Å²) in [4.78, 5) is 40.1. The molecular formula is C66H58Cl2N8O8. The molecule has 4 aromatic heterocycles. The molecule has 0 aliphatic rings. The van der Waals surface area contributed by atoms with E-state index in [1.165, 1.54) is 12.4 Å². The lowest BCUT2D eigenvalue weighted by molar-refractivity contribution is -0.140. The molecule has 84 heavy (non-hydrogen) atoms. The third kappa shape index (κ3) is 13.7. The molecule has 0 amide bonds. The second-order valence-electron chi connectivity index (χ2n) is 20.3. The quantitative estimate of drug-likeness (QED) is 0.0250. The maximum atomic E-state index is 12.6. The number of nitrogens with zero attached hydrogens (tertiary/aromatic N) is 3. The van der Waals surface area contributed by atoms with E-state index in [0.717, 1.165) is 71.9 Å². The number of pyridine rings is 2. The predicted molar refractivity (Wildman–Crippen MR) is 323 cm³/mol. The molecule has 2 atom stereocenters. The fraction of sp³-hybridized carbons (Fsp3) is 0.182. The van der Waals surface area contributed by atoms with E-state index in [1.807, 2.05) is 105 Å². The lowest BCUT2D eigenvalue weighted by Crippen LogP contribution is -2.38. The van der Waals surface area contributed by atoms with Crippen LogP contribution in [-0.2, 0) is 61.9 Å². The highest BCUT2D eigenvalue weighted by atomic mass is 35.5. The van der Waals surface area contributed by atoms with E-state index in [-0.39, 0.29) is 52.4 Å². The van der Waals surface area contributed by atoms with E-state index in [0.29, 0.717) is 60.9 Å². The van der Waals surface area contributed by atoms with Crippen LogP contribution < -0.4 is 29.6 Å². The van der Waals surface area contributed by atoms with Crippen molar-refractivity contribution in [2.75, 3.05) is 0 Å². The van der Waals surface area contributed by atoms with Gasteiger partial charge in [-0.1, -0.05) is 96.0 Å². The summed E-state index contributed by atoms with van der Waals surface area (Å²) in [5.74, 6) is -0.462. The Bertz CT molecular complexity index is 4100. The molecule has 6 aromatic carbocycles. The molecule has 0 bridgehead atoms. The van der Waals surface area contributed by atoms with Crippen molar-refractivity contribution in [1.82, 2.24) is 30.6 Å². The van der Waals surface area contributed by atoms with Gasteiger partial charge in [0.1, 0.15) is 67.6 Å². The van der Waals surface area contributed by atoms with Crippen LogP contribution in [0.3, 0.4) is 0 Å². The summed E-state index contributed by atoms with van der Waals surface area (Å²) in [6.45, 7) is 4.79. The number of rotatable bonds is 26. The van der Waals surface area contributed by atoms with Crippen molar-refractivity contribution in [3.63, 3.8) is 0 Å². The van der Waals surface area contributed by atoms with Crippen LogP contribution in [0.5, 0.6) is 23.0 Å². The molecule has 10 rings (SSSR count). The predicted octanol–water partition coefficient (Wildman–Crippen LogP) is 12.8. The number of carboxylic acid groups (broad SMARTS) is 2. The zero-order valence-corrected chi connectivity index (χ0v) is 47.4. The number of carboxylic acids is 2. The minimum atomic E-state index is -1.01. The number of nitrogens with one attached hydrogen (secondary N) is 5. The van der Waals surface area contributed by atoms with Gasteiger partial charge in [-0.15, -0.1) is 0 Å². The number of ether oxygens (including phenoxy) is 4. The maximum Gasteiger partial charge on any atom is 0.321 e. The minimum Gasteiger partial charge on any atom is -0.488 e. The summed E-state index contributed by atoms with van der Waals surface area (Å²) in [6, 6.07) is 38.2. The first-order valence-electron chi connectivity index (χ1n) is 27.0. The largest absolute Gasteiger partial charge is 0.488 e. The van der Waals surface area contributed by atoms with Crippen molar-refractivity contribution in [1.29, 1.82) is 10.7 Å². The molecule has 16 nitrogen and oxygen atoms in total. The third-order valence-electron chi connectivity index (χ3n) is 14.7. The van der Waals surface area contributed by atoms with Crippen molar-refractivity contribution in [3.05, 3.63) is 235 Å². The van der Waals surface area contributed by atoms with Crippen LogP contribution in [0, 0.1) is 30.6 Å². The van der Waals surface area contributed by atoms with Crippen molar-refractivity contribution in [3.8, 4) is 40.2 Å². The normalized spacial score (nSPS) is 11.9. The Morgan fingerprint density at radius 3 is 1.52 bits per heavy atom. The van der Waals surface area contributed by atoms with Crippen molar-refractivity contribution in [2.24, 2.45) is 0 Å². The van der Waals surface area contributed by atoms with E-state index < -0.39 is 24.0 Å². The molecule has 7 N–H and O–H groups in total. The Morgan fingerprint density at radius 1 is 0.583 bits per heavy atom. The molecule has 0 saturated carbocycles. The van der Waals surface area contributed by atoms with Crippen LogP contribution >= 0.6 is 23.2 Å². The highest BCUT2D eigenvalue weighted by Gasteiger charge is 2.24. The Balaban J connectivity index is 0.852. The molecule has 0 fully saturated rings. The zero-order valence-electron chi connectivity index (χ0n) is 45.8. The van der Waals surface area contributed by atoms with E-state index in [2.05, 4.69) is 48.8 Å². The number of carbonyl (C=O) groups is 2. The van der Waals surface area contributed by atoms with Gasteiger partial charge in [-0.3, -0.25) is 30.2 Å². The first kappa shape index (κ1) is 57.7. The van der Waals surface area contributed by atoms with Crippen LogP contribution in [0.15, 0.2) is 159 Å². The minimum absolute atomic E-state index is 0.0665. The molecule has 10 aromatic rings. The highest BCUT2D eigenvalue weighted by Crippen LogP contribution is 2.38. The van der Waals surface area contributed by atoms with E-state index >= 15 is 0 Å². The molecule has 0 aliphatic heterocycles. The van der Waals surface area contributed by atoms with Gasteiger partial charge >= 0.3 is 11.9 Å². The Hall–Kier alpha value is -9.50. The number of fused-ring (bicyclic) bond motifs is 2. The summed E-state index contributed by atoms with van der Waals surface area (Å²) >= 11 is 14.0. The maximum absolute atomic E-state index is 12.6. The van der Waals surface area contributed by atoms with E-state index in [9.17, 15) is 25.1 Å². The number of hydrogen-bond acceptors (Lipinski definition) is 12. The number of H-pyrrole nitrogens is 2. The molecule has 424 valence electrons. The highest BCUT2D eigenvalue weighted by molar-refractivity contribution is 6.32. The number of nitriles is 1. The van der Waals surface area contributed by atoms with Crippen LogP contribution in [-0.4, -0.2) is 60.4 Å². The van der Waals surface area contributed by atoms with Gasteiger partial charge < -0.3 is 44.5 Å². The number of halogens is 2. The number of hydrogen-bond donors (Lipinski definition) is 7. The molecule has 0 radical (unpaired) electrons. The summed E-state index contributed by atoms with van der Waals surface area (Å²) in [5, 5.41) is 46.8. The van der Waals surface area contributed by atoms with Gasteiger partial charge in [-0.05, 0) is 94.8 Å². The Morgan fingerprint density at radius 2 is 1.05 bits per heavy atom. The Kier molecular flexibility index (Phi) is 18.3. The molecular weight excluding hydrogens is 1100 g/mol. The number of aromatic nitrogens is 4. The summed E-state index contributed by atoms with van der Waals surface area (Å²) in [7, 11) is 0. The van der Waals surface area contributed by atoms with Crippen molar-refractivity contribution in [2.45, 2.75) is 78.3 Å². The lowest BCUT2D eigenvalue weighted by atomic mass is 9.92. The van der Waals surface area contributed by atoms with Gasteiger partial charge in [0.05, 0.1) is 15.6 Å². The van der Waals surface area contributed by atoms with Gasteiger partial charge in [0.15, 0.2) is 0 Å². The first-order chi connectivity index (χ1) is 40.8. The Labute approximate surface area is 494 Å². The molecule has 0 saturated heterocycles.